The Balaban J connectivity index is 1.66. The van der Waals surface area contributed by atoms with Gasteiger partial charge in [-0.05, 0) is 51.2 Å². The van der Waals surface area contributed by atoms with Gasteiger partial charge in [0.15, 0.2) is 0 Å². The monoisotopic (exact) mass is 254 g/mol. The molecular formula is C17H22N2. The van der Waals surface area contributed by atoms with Crippen LogP contribution in [0.25, 0.3) is 6.08 Å². The number of allylic oxidation sites excluding steroid dienone is 1. The molecule has 0 bridgehead atoms. The van der Waals surface area contributed by atoms with Crippen LogP contribution in [0.2, 0.25) is 0 Å². The van der Waals surface area contributed by atoms with Gasteiger partial charge in [-0.2, -0.15) is 0 Å². The van der Waals surface area contributed by atoms with E-state index in [1.807, 2.05) is 13.1 Å². The third kappa shape index (κ3) is 4.74. The Morgan fingerprint density at radius 3 is 2.84 bits per heavy atom. The highest BCUT2D eigenvalue weighted by atomic mass is 14.9. The minimum absolute atomic E-state index is 0.971. The largest absolute Gasteiger partial charge is 0.348 e. The third-order valence-electron chi connectivity index (χ3n) is 3.18. The predicted molar refractivity (Wildman–Crippen MR) is 81.1 cm³/mol. The number of H-pyrrole nitrogens is 1. The molecule has 0 fully saturated rings. The second-order valence-electron chi connectivity index (χ2n) is 5.05. The Hall–Kier alpha value is -1.83. The number of rotatable bonds is 6. The van der Waals surface area contributed by atoms with E-state index in [4.69, 9.17) is 0 Å². The Bertz CT molecular complexity index is 538. The van der Waals surface area contributed by atoms with Crippen LogP contribution >= 0.6 is 0 Å². The second-order valence-corrected chi connectivity index (χ2v) is 5.05. The summed E-state index contributed by atoms with van der Waals surface area (Å²) >= 11 is 0. The molecule has 100 valence electrons. The van der Waals surface area contributed by atoms with Gasteiger partial charge in [0.25, 0.3) is 0 Å². The first-order chi connectivity index (χ1) is 9.24. The van der Waals surface area contributed by atoms with E-state index in [9.17, 15) is 0 Å². The molecule has 0 saturated heterocycles. The molecule has 0 aliphatic rings. The van der Waals surface area contributed by atoms with Crippen LogP contribution in [0, 0.1) is 13.8 Å². The maximum atomic E-state index is 4.34. The van der Waals surface area contributed by atoms with Crippen LogP contribution in [0.1, 0.15) is 41.9 Å². The predicted octanol–water partition coefficient (Wildman–Crippen LogP) is 4.45. The van der Waals surface area contributed by atoms with Crippen molar-refractivity contribution in [2.45, 2.75) is 39.5 Å². The maximum Gasteiger partial charge on any atom is 0.103 e. The average Bonchev–Trinajstić information content (AvgIpc) is 2.79. The molecular weight excluding hydrogens is 232 g/mol. The minimum atomic E-state index is 0.971. The van der Waals surface area contributed by atoms with E-state index < -0.39 is 0 Å². The van der Waals surface area contributed by atoms with Crippen molar-refractivity contribution in [3.05, 3.63) is 59.2 Å². The van der Waals surface area contributed by atoms with Gasteiger partial charge in [0.1, 0.15) is 5.82 Å². The summed E-state index contributed by atoms with van der Waals surface area (Å²) in [5, 5.41) is 0. The first-order valence-electron chi connectivity index (χ1n) is 6.98. The Kier molecular flexibility index (Phi) is 4.96. The number of nitrogens with one attached hydrogen (secondary N) is 1. The molecule has 0 unspecified atom stereocenters. The molecule has 1 aromatic heterocycles. The molecule has 0 spiro atoms. The number of imidazole rings is 1. The van der Waals surface area contributed by atoms with E-state index in [2.05, 4.69) is 53.3 Å². The van der Waals surface area contributed by atoms with Crippen LogP contribution in [-0.2, 0) is 6.42 Å². The van der Waals surface area contributed by atoms with Crippen molar-refractivity contribution in [2.75, 3.05) is 0 Å². The number of nitrogens with zero attached hydrogens (tertiary/aromatic N) is 1. The Morgan fingerprint density at radius 2 is 2.11 bits per heavy atom. The quantitative estimate of drug-likeness (QED) is 0.758. The summed E-state index contributed by atoms with van der Waals surface area (Å²) in [6, 6.07) is 8.79. The van der Waals surface area contributed by atoms with Crippen LogP contribution in [0.15, 0.2) is 36.5 Å². The summed E-state index contributed by atoms with van der Waals surface area (Å²) in [7, 11) is 0. The standard InChI is InChI=1S/C17H22N2/c1-14-8-7-10-16(12-14)9-5-3-4-6-11-17-13-18-15(2)19-17/h6-8,10-13H,3-5,9H2,1-2H3,(H,18,19). The molecule has 0 aliphatic heterocycles. The first kappa shape index (κ1) is 13.6. The summed E-state index contributed by atoms with van der Waals surface area (Å²) in [6.45, 7) is 4.12. The van der Waals surface area contributed by atoms with Crippen molar-refractivity contribution >= 4 is 6.08 Å². The molecule has 2 rings (SSSR count). The number of benzene rings is 1. The molecule has 0 atom stereocenters. The van der Waals surface area contributed by atoms with E-state index in [1.54, 1.807) is 0 Å². The Labute approximate surface area is 115 Å². The van der Waals surface area contributed by atoms with Gasteiger partial charge in [0, 0.05) is 6.20 Å². The van der Waals surface area contributed by atoms with Crippen molar-refractivity contribution < 1.29 is 0 Å². The summed E-state index contributed by atoms with van der Waals surface area (Å²) < 4.78 is 0. The number of hydrogen-bond donors (Lipinski definition) is 1. The normalized spacial score (nSPS) is 11.3. The van der Waals surface area contributed by atoms with Crippen LogP contribution in [0.3, 0.4) is 0 Å². The minimum Gasteiger partial charge on any atom is -0.348 e. The summed E-state index contributed by atoms with van der Waals surface area (Å²) in [5.41, 5.74) is 3.83. The van der Waals surface area contributed by atoms with Crippen LogP contribution in [0.4, 0.5) is 0 Å². The Morgan fingerprint density at radius 1 is 1.21 bits per heavy atom. The van der Waals surface area contributed by atoms with Crippen molar-refractivity contribution in [1.29, 1.82) is 0 Å². The molecule has 1 N–H and O–H groups in total. The zero-order chi connectivity index (χ0) is 13.5. The molecule has 2 nitrogen and oxygen atoms in total. The highest BCUT2D eigenvalue weighted by Gasteiger charge is 1.94. The molecule has 1 aromatic carbocycles. The topological polar surface area (TPSA) is 28.7 Å². The fourth-order valence-electron chi connectivity index (χ4n) is 2.19. The van der Waals surface area contributed by atoms with Crippen molar-refractivity contribution in [1.82, 2.24) is 9.97 Å². The fraction of sp³-hybridized carbons (Fsp3) is 0.353. The number of aromatic nitrogens is 2. The molecule has 1 heterocycles. The summed E-state index contributed by atoms with van der Waals surface area (Å²) in [6.07, 6.45) is 11.0. The molecule has 0 aliphatic carbocycles. The molecule has 2 heteroatoms. The van der Waals surface area contributed by atoms with Gasteiger partial charge < -0.3 is 4.98 Å². The maximum absolute atomic E-state index is 4.34. The van der Waals surface area contributed by atoms with Gasteiger partial charge in [-0.25, -0.2) is 4.98 Å². The van der Waals surface area contributed by atoms with Gasteiger partial charge in [-0.15, -0.1) is 0 Å². The number of aryl methyl sites for hydroxylation is 3. The zero-order valence-corrected chi connectivity index (χ0v) is 11.8. The lowest BCUT2D eigenvalue weighted by Gasteiger charge is -2.01. The number of hydrogen-bond acceptors (Lipinski definition) is 1. The van der Waals surface area contributed by atoms with Crippen LogP contribution in [0.5, 0.6) is 0 Å². The smallest absolute Gasteiger partial charge is 0.103 e. The summed E-state index contributed by atoms with van der Waals surface area (Å²) in [4.78, 5) is 7.43. The van der Waals surface area contributed by atoms with Crippen molar-refractivity contribution in [2.24, 2.45) is 0 Å². The molecule has 0 radical (unpaired) electrons. The number of aromatic amines is 1. The van der Waals surface area contributed by atoms with Gasteiger partial charge in [0.05, 0.1) is 5.69 Å². The van der Waals surface area contributed by atoms with E-state index in [-0.39, 0.29) is 0 Å². The van der Waals surface area contributed by atoms with E-state index >= 15 is 0 Å². The van der Waals surface area contributed by atoms with Gasteiger partial charge >= 0.3 is 0 Å². The van der Waals surface area contributed by atoms with Crippen LogP contribution < -0.4 is 0 Å². The van der Waals surface area contributed by atoms with Gasteiger partial charge in [-0.1, -0.05) is 35.9 Å². The van der Waals surface area contributed by atoms with Crippen molar-refractivity contribution in [3.63, 3.8) is 0 Å². The zero-order valence-electron chi connectivity index (χ0n) is 11.8. The molecule has 0 amide bonds. The van der Waals surface area contributed by atoms with E-state index in [0.29, 0.717) is 0 Å². The second kappa shape index (κ2) is 6.93. The fourth-order valence-corrected chi connectivity index (χ4v) is 2.19. The SMILES string of the molecule is Cc1cccc(CCCCC=Cc2c[nH]c(C)n2)c1. The number of unbranched alkanes of at least 4 members (excludes halogenated alkanes) is 2. The average molecular weight is 254 g/mol. The van der Waals surface area contributed by atoms with E-state index in [1.165, 1.54) is 30.4 Å². The molecule has 0 saturated carbocycles. The lowest BCUT2D eigenvalue weighted by atomic mass is 10.0. The summed E-state index contributed by atoms with van der Waals surface area (Å²) in [5.74, 6) is 0.971. The van der Waals surface area contributed by atoms with Crippen molar-refractivity contribution in [3.8, 4) is 0 Å². The molecule has 19 heavy (non-hydrogen) atoms. The van der Waals surface area contributed by atoms with Gasteiger partial charge in [0.2, 0.25) is 0 Å². The lowest BCUT2D eigenvalue weighted by molar-refractivity contribution is 0.748. The third-order valence-corrected chi connectivity index (χ3v) is 3.18. The highest BCUT2D eigenvalue weighted by Crippen LogP contribution is 2.09. The van der Waals surface area contributed by atoms with Gasteiger partial charge in [-0.3, -0.25) is 0 Å². The van der Waals surface area contributed by atoms with E-state index in [0.717, 1.165) is 17.9 Å². The lowest BCUT2D eigenvalue weighted by Crippen LogP contribution is -1.86. The molecule has 2 aromatic rings. The highest BCUT2D eigenvalue weighted by molar-refractivity contribution is 5.43. The van der Waals surface area contributed by atoms with Crippen LogP contribution in [-0.4, -0.2) is 9.97 Å². The first-order valence-corrected chi connectivity index (χ1v) is 6.98.